The molecule has 1 saturated carbocycles. The average Bonchev–Trinajstić information content (AvgIpc) is 2.73. The lowest BCUT2D eigenvalue weighted by Crippen LogP contribution is -2.21. The van der Waals surface area contributed by atoms with Crippen LogP contribution in [0.5, 0.6) is 0 Å². The van der Waals surface area contributed by atoms with Crippen LogP contribution in [0.2, 0.25) is 0 Å². The first kappa shape index (κ1) is 15.5. The molecule has 0 bridgehead atoms. The van der Waals surface area contributed by atoms with Gasteiger partial charge in [-0.1, -0.05) is 51.7 Å². The lowest BCUT2D eigenvalue weighted by atomic mass is 9.72. The highest BCUT2D eigenvalue weighted by Gasteiger charge is 2.30. The summed E-state index contributed by atoms with van der Waals surface area (Å²) < 4.78 is 0. The summed E-state index contributed by atoms with van der Waals surface area (Å²) in [6, 6.07) is 0. The fraction of sp³-hybridized carbons (Fsp3) is 0.778. The molecule has 0 aliphatic heterocycles. The summed E-state index contributed by atoms with van der Waals surface area (Å²) in [5.41, 5.74) is 0.459. The molecule has 0 amide bonds. The molecule has 0 aromatic heterocycles. The van der Waals surface area contributed by atoms with E-state index < -0.39 is 0 Å². The van der Waals surface area contributed by atoms with E-state index >= 15 is 0 Å². The van der Waals surface area contributed by atoms with Gasteiger partial charge in [0.1, 0.15) is 0 Å². The Labute approximate surface area is 115 Å². The van der Waals surface area contributed by atoms with Gasteiger partial charge in [0.05, 0.1) is 0 Å². The Balaban J connectivity index is 2.57. The summed E-state index contributed by atoms with van der Waals surface area (Å²) in [6.07, 6.45) is 16.3. The van der Waals surface area contributed by atoms with Crippen LogP contribution in [0.3, 0.4) is 0 Å². The lowest BCUT2D eigenvalue weighted by Gasteiger charge is -2.33. The molecule has 104 valence electrons. The minimum Gasteiger partial charge on any atom is -0.103 e. The maximum atomic E-state index is 3.97. The molecule has 0 heteroatoms. The molecule has 2 unspecified atom stereocenters. The highest BCUT2D eigenvalue weighted by Crippen LogP contribution is 2.42. The SMILES string of the molecule is C=CCC(CC=C)(CCC)CCC1CCCC1C. The molecule has 1 fully saturated rings. The molecular formula is C18H32. The smallest absolute Gasteiger partial charge is 0.0229 e. The van der Waals surface area contributed by atoms with E-state index in [1.165, 1.54) is 44.9 Å². The van der Waals surface area contributed by atoms with Crippen molar-refractivity contribution in [3.8, 4) is 0 Å². The third-order valence-electron chi connectivity index (χ3n) is 5.02. The summed E-state index contributed by atoms with van der Waals surface area (Å²) in [4.78, 5) is 0. The topological polar surface area (TPSA) is 0 Å². The molecular weight excluding hydrogens is 216 g/mol. The fourth-order valence-electron chi connectivity index (χ4n) is 3.90. The molecule has 1 aliphatic rings. The van der Waals surface area contributed by atoms with Crippen LogP contribution in [0.25, 0.3) is 0 Å². The van der Waals surface area contributed by atoms with E-state index in [-0.39, 0.29) is 0 Å². The van der Waals surface area contributed by atoms with Crippen molar-refractivity contribution in [2.24, 2.45) is 17.3 Å². The standard InChI is InChI=1S/C18H32/c1-5-12-18(13-6-2,14-7-3)15-11-17-10-8-9-16(17)4/h5-6,16-17H,1-2,7-15H2,3-4H3. The Morgan fingerprint density at radius 3 is 2.22 bits per heavy atom. The van der Waals surface area contributed by atoms with Crippen molar-refractivity contribution in [2.45, 2.75) is 71.6 Å². The predicted octanol–water partition coefficient (Wildman–Crippen LogP) is 6.14. The van der Waals surface area contributed by atoms with Gasteiger partial charge in [-0.3, -0.25) is 0 Å². The first-order valence-electron chi connectivity index (χ1n) is 7.89. The maximum Gasteiger partial charge on any atom is -0.0229 e. The maximum absolute atomic E-state index is 3.97. The first-order chi connectivity index (χ1) is 8.67. The molecule has 0 heterocycles. The van der Waals surface area contributed by atoms with E-state index in [0.717, 1.165) is 24.7 Å². The molecule has 0 aromatic rings. The molecule has 18 heavy (non-hydrogen) atoms. The first-order valence-corrected chi connectivity index (χ1v) is 7.89. The van der Waals surface area contributed by atoms with E-state index in [9.17, 15) is 0 Å². The molecule has 1 rings (SSSR count). The Kier molecular flexibility index (Phi) is 6.75. The minimum absolute atomic E-state index is 0.459. The summed E-state index contributed by atoms with van der Waals surface area (Å²) in [6.45, 7) is 12.7. The van der Waals surface area contributed by atoms with Crippen LogP contribution in [-0.4, -0.2) is 0 Å². The zero-order chi connectivity index (χ0) is 13.4. The van der Waals surface area contributed by atoms with Gasteiger partial charge in [-0.15, -0.1) is 13.2 Å². The normalized spacial score (nSPS) is 24.1. The van der Waals surface area contributed by atoms with Crippen molar-refractivity contribution in [1.82, 2.24) is 0 Å². The van der Waals surface area contributed by atoms with Gasteiger partial charge in [-0.2, -0.15) is 0 Å². The number of allylic oxidation sites excluding steroid dienone is 2. The highest BCUT2D eigenvalue weighted by atomic mass is 14.3. The Hall–Kier alpha value is -0.520. The fourth-order valence-corrected chi connectivity index (χ4v) is 3.90. The summed E-state index contributed by atoms with van der Waals surface area (Å²) >= 11 is 0. The second kappa shape index (κ2) is 7.81. The second-order valence-corrected chi connectivity index (χ2v) is 6.44. The van der Waals surface area contributed by atoms with Gasteiger partial charge in [0, 0.05) is 0 Å². The van der Waals surface area contributed by atoms with Gasteiger partial charge >= 0.3 is 0 Å². The Bertz CT molecular complexity index is 241. The van der Waals surface area contributed by atoms with Crippen molar-refractivity contribution in [2.75, 3.05) is 0 Å². The van der Waals surface area contributed by atoms with E-state index in [2.05, 4.69) is 39.2 Å². The van der Waals surface area contributed by atoms with Crippen molar-refractivity contribution >= 4 is 0 Å². The van der Waals surface area contributed by atoms with Crippen LogP contribution in [0.4, 0.5) is 0 Å². The van der Waals surface area contributed by atoms with Gasteiger partial charge in [-0.25, -0.2) is 0 Å². The van der Waals surface area contributed by atoms with E-state index in [1.54, 1.807) is 0 Å². The Morgan fingerprint density at radius 1 is 1.11 bits per heavy atom. The molecule has 1 aliphatic carbocycles. The van der Waals surface area contributed by atoms with Crippen molar-refractivity contribution in [3.05, 3.63) is 25.3 Å². The molecule has 2 atom stereocenters. The molecule has 0 N–H and O–H groups in total. The van der Waals surface area contributed by atoms with Crippen LogP contribution >= 0.6 is 0 Å². The molecule has 0 radical (unpaired) electrons. The number of hydrogen-bond donors (Lipinski definition) is 0. The van der Waals surface area contributed by atoms with Gasteiger partial charge < -0.3 is 0 Å². The van der Waals surface area contributed by atoms with Gasteiger partial charge in [0.15, 0.2) is 0 Å². The van der Waals surface area contributed by atoms with E-state index in [4.69, 9.17) is 0 Å². The summed E-state index contributed by atoms with van der Waals surface area (Å²) in [5.74, 6) is 1.94. The molecule has 0 nitrogen and oxygen atoms in total. The lowest BCUT2D eigenvalue weighted by molar-refractivity contribution is 0.209. The van der Waals surface area contributed by atoms with E-state index in [1.807, 2.05) is 0 Å². The zero-order valence-electron chi connectivity index (χ0n) is 12.6. The molecule has 0 saturated heterocycles. The van der Waals surface area contributed by atoms with Crippen molar-refractivity contribution in [3.63, 3.8) is 0 Å². The van der Waals surface area contributed by atoms with Crippen molar-refractivity contribution in [1.29, 1.82) is 0 Å². The number of hydrogen-bond acceptors (Lipinski definition) is 0. The summed E-state index contributed by atoms with van der Waals surface area (Å²) in [7, 11) is 0. The van der Waals surface area contributed by atoms with Gasteiger partial charge in [-0.05, 0) is 49.4 Å². The largest absolute Gasteiger partial charge is 0.103 e. The van der Waals surface area contributed by atoms with E-state index in [0.29, 0.717) is 5.41 Å². The second-order valence-electron chi connectivity index (χ2n) is 6.44. The monoisotopic (exact) mass is 248 g/mol. The molecule has 0 spiro atoms. The highest BCUT2D eigenvalue weighted by molar-refractivity contribution is 4.92. The third kappa shape index (κ3) is 4.30. The van der Waals surface area contributed by atoms with Crippen LogP contribution < -0.4 is 0 Å². The van der Waals surface area contributed by atoms with Crippen molar-refractivity contribution < 1.29 is 0 Å². The molecule has 0 aromatic carbocycles. The van der Waals surface area contributed by atoms with Crippen LogP contribution in [0.15, 0.2) is 25.3 Å². The predicted molar refractivity (Wildman–Crippen MR) is 82.7 cm³/mol. The van der Waals surface area contributed by atoms with Gasteiger partial charge in [0.2, 0.25) is 0 Å². The number of rotatable bonds is 9. The third-order valence-corrected chi connectivity index (χ3v) is 5.02. The Morgan fingerprint density at radius 2 is 1.78 bits per heavy atom. The quantitative estimate of drug-likeness (QED) is 0.430. The summed E-state index contributed by atoms with van der Waals surface area (Å²) in [5, 5.41) is 0. The van der Waals surface area contributed by atoms with Gasteiger partial charge in [0.25, 0.3) is 0 Å². The van der Waals surface area contributed by atoms with Crippen LogP contribution in [0.1, 0.15) is 71.6 Å². The minimum atomic E-state index is 0.459. The zero-order valence-corrected chi connectivity index (χ0v) is 12.6. The van der Waals surface area contributed by atoms with Crippen LogP contribution in [0, 0.1) is 17.3 Å². The van der Waals surface area contributed by atoms with Crippen LogP contribution in [-0.2, 0) is 0 Å². The average molecular weight is 248 g/mol.